The molecule has 3 aromatic rings. The number of hydrogen-bond donors (Lipinski definition) is 1. The van der Waals surface area contributed by atoms with Crippen molar-refractivity contribution in [3.63, 3.8) is 0 Å². The molecule has 1 atom stereocenters. The number of aromatic nitrogens is 2. The van der Waals surface area contributed by atoms with Gasteiger partial charge in [-0.1, -0.05) is 36.4 Å². The molecule has 0 radical (unpaired) electrons. The number of hydrogen-bond acceptors (Lipinski definition) is 4. The summed E-state index contributed by atoms with van der Waals surface area (Å²) >= 11 is 0. The fourth-order valence-electron chi connectivity index (χ4n) is 3.70. The van der Waals surface area contributed by atoms with Crippen LogP contribution in [0.4, 0.5) is 0 Å². The highest BCUT2D eigenvalue weighted by Gasteiger charge is 2.25. The second kappa shape index (κ2) is 9.66. The van der Waals surface area contributed by atoms with Gasteiger partial charge in [-0.15, -0.1) is 0 Å². The second-order valence-corrected chi connectivity index (χ2v) is 7.63. The van der Waals surface area contributed by atoms with E-state index in [1.54, 1.807) is 4.68 Å². The predicted molar refractivity (Wildman–Crippen MR) is 121 cm³/mol. The highest BCUT2D eigenvalue weighted by atomic mass is 16.5. The Morgan fingerprint density at radius 2 is 1.97 bits per heavy atom. The monoisotopic (exact) mass is 419 g/mol. The molecular formula is C24H29N5O2. The van der Waals surface area contributed by atoms with E-state index in [-0.39, 0.29) is 6.10 Å². The molecule has 1 saturated heterocycles. The van der Waals surface area contributed by atoms with Gasteiger partial charge in [-0.05, 0) is 24.6 Å². The van der Waals surface area contributed by atoms with Gasteiger partial charge in [0.2, 0.25) is 0 Å². The van der Waals surface area contributed by atoms with E-state index in [4.69, 9.17) is 9.47 Å². The van der Waals surface area contributed by atoms with E-state index in [9.17, 15) is 0 Å². The van der Waals surface area contributed by atoms with Crippen molar-refractivity contribution in [1.29, 1.82) is 0 Å². The van der Waals surface area contributed by atoms with Gasteiger partial charge in [0.05, 0.1) is 19.3 Å². The number of aliphatic imine (C=N–C) groups is 1. The smallest absolute Gasteiger partial charge is 0.194 e. The molecule has 0 spiro atoms. The Morgan fingerprint density at radius 3 is 2.71 bits per heavy atom. The first kappa shape index (κ1) is 20.9. The summed E-state index contributed by atoms with van der Waals surface area (Å²) < 4.78 is 14.0. The third-order valence-corrected chi connectivity index (χ3v) is 5.40. The summed E-state index contributed by atoms with van der Waals surface area (Å²) in [7, 11) is 3.73. The quantitative estimate of drug-likeness (QED) is 0.505. The van der Waals surface area contributed by atoms with E-state index in [0.29, 0.717) is 13.2 Å². The number of benzene rings is 2. The van der Waals surface area contributed by atoms with Gasteiger partial charge in [0.1, 0.15) is 17.6 Å². The molecular weight excluding hydrogens is 390 g/mol. The summed E-state index contributed by atoms with van der Waals surface area (Å²) in [4.78, 5) is 6.73. The van der Waals surface area contributed by atoms with Gasteiger partial charge >= 0.3 is 0 Å². The fraction of sp³-hybridized carbons (Fsp3) is 0.333. The molecule has 7 nitrogen and oxygen atoms in total. The molecule has 2 heterocycles. The number of aryl methyl sites for hydroxylation is 2. The number of nitrogens with zero attached hydrogens (tertiary/aromatic N) is 4. The minimum absolute atomic E-state index is 0.0160. The average Bonchev–Trinajstić information content (AvgIpc) is 3.23. The average molecular weight is 420 g/mol. The van der Waals surface area contributed by atoms with Crippen LogP contribution in [0.15, 0.2) is 65.9 Å². The van der Waals surface area contributed by atoms with Gasteiger partial charge < -0.3 is 19.7 Å². The topological polar surface area (TPSA) is 63.9 Å². The van der Waals surface area contributed by atoms with Crippen molar-refractivity contribution in [2.24, 2.45) is 12.0 Å². The maximum atomic E-state index is 6.21. The molecule has 2 aromatic carbocycles. The molecule has 4 rings (SSSR count). The molecule has 1 aromatic heterocycles. The summed E-state index contributed by atoms with van der Waals surface area (Å²) in [6.45, 7) is 4.83. The van der Waals surface area contributed by atoms with Gasteiger partial charge in [-0.3, -0.25) is 9.67 Å². The number of rotatable bonds is 5. The minimum atomic E-state index is -0.0160. The molecule has 1 aliphatic heterocycles. The van der Waals surface area contributed by atoms with E-state index in [2.05, 4.69) is 39.4 Å². The lowest BCUT2D eigenvalue weighted by molar-refractivity contribution is -0.00805. The molecule has 0 amide bonds. The normalized spacial score (nSPS) is 16.9. The Balaban J connectivity index is 1.43. The summed E-state index contributed by atoms with van der Waals surface area (Å²) in [6, 6.07) is 16.1. The van der Waals surface area contributed by atoms with Gasteiger partial charge in [0.25, 0.3) is 0 Å². The van der Waals surface area contributed by atoms with Crippen molar-refractivity contribution in [2.45, 2.75) is 19.6 Å². The first-order valence-corrected chi connectivity index (χ1v) is 10.5. The number of ether oxygens (including phenoxy) is 2. The Bertz CT molecular complexity index is 1050. The predicted octanol–water partition coefficient (Wildman–Crippen LogP) is 3.67. The van der Waals surface area contributed by atoms with E-state index >= 15 is 0 Å². The van der Waals surface area contributed by atoms with Crippen LogP contribution in [-0.4, -0.2) is 47.4 Å². The molecule has 1 fully saturated rings. The Kier molecular flexibility index (Phi) is 6.52. The summed E-state index contributed by atoms with van der Waals surface area (Å²) in [5.41, 5.74) is 3.26. The zero-order valence-corrected chi connectivity index (χ0v) is 18.3. The standard InChI is InChI=1S/C24H29N5O2/c1-18-8-4-6-10-21(18)31-22-11-7-5-9-19(22)14-26-24(25-2)29-12-13-30-23(17-29)20-15-27-28(3)16-20/h4-11,15-16,23H,12-14,17H2,1-3H3,(H,25,26). The maximum absolute atomic E-state index is 6.21. The largest absolute Gasteiger partial charge is 0.457 e. The Morgan fingerprint density at radius 1 is 1.19 bits per heavy atom. The van der Waals surface area contributed by atoms with Gasteiger partial charge in [-0.25, -0.2) is 0 Å². The van der Waals surface area contributed by atoms with E-state index < -0.39 is 0 Å². The van der Waals surface area contributed by atoms with Gasteiger partial charge in [0, 0.05) is 44.5 Å². The van der Waals surface area contributed by atoms with Gasteiger partial charge in [-0.2, -0.15) is 5.10 Å². The van der Waals surface area contributed by atoms with Crippen LogP contribution in [0.25, 0.3) is 0 Å². The SMILES string of the molecule is CN=C(NCc1ccccc1Oc1ccccc1C)N1CCOC(c2cnn(C)c2)C1. The first-order valence-electron chi connectivity index (χ1n) is 10.5. The highest BCUT2D eigenvalue weighted by Crippen LogP contribution is 2.28. The van der Waals surface area contributed by atoms with Crippen LogP contribution in [0, 0.1) is 6.92 Å². The number of morpholine rings is 1. The molecule has 31 heavy (non-hydrogen) atoms. The van der Waals surface area contributed by atoms with E-state index in [1.807, 2.05) is 62.9 Å². The lowest BCUT2D eigenvalue weighted by Gasteiger charge is -2.34. The summed E-state index contributed by atoms with van der Waals surface area (Å²) in [6.07, 6.45) is 3.85. The Labute approximate surface area is 183 Å². The zero-order valence-electron chi connectivity index (χ0n) is 18.3. The van der Waals surface area contributed by atoms with Crippen LogP contribution in [0.2, 0.25) is 0 Å². The lowest BCUT2D eigenvalue weighted by atomic mass is 10.1. The van der Waals surface area contributed by atoms with Crippen LogP contribution in [0.3, 0.4) is 0 Å². The summed E-state index contributed by atoms with van der Waals surface area (Å²) in [5.74, 6) is 2.56. The van der Waals surface area contributed by atoms with E-state index in [1.165, 1.54) is 0 Å². The first-order chi connectivity index (χ1) is 15.1. The molecule has 162 valence electrons. The number of guanidine groups is 1. The van der Waals surface area contributed by atoms with Crippen LogP contribution in [0.5, 0.6) is 11.5 Å². The fourth-order valence-corrected chi connectivity index (χ4v) is 3.70. The molecule has 1 N–H and O–H groups in total. The molecule has 0 aliphatic carbocycles. The minimum Gasteiger partial charge on any atom is -0.457 e. The van der Waals surface area contributed by atoms with Crippen LogP contribution in [-0.2, 0) is 18.3 Å². The molecule has 0 bridgehead atoms. The van der Waals surface area contributed by atoms with Crippen LogP contribution < -0.4 is 10.1 Å². The van der Waals surface area contributed by atoms with Crippen molar-refractivity contribution in [3.05, 3.63) is 77.6 Å². The van der Waals surface area contributed by atoms with Crippen molar-refractivity contribution in [3.8, 4) is 11.5 Å². The molecule has 1 unspecified atom stereocenters. The van der Waals surface area contributed by atoms with Gasteiger partial charge in [0.15, 0.2) is 5.96 Å². The zero-order chi connectivity index (χ0) is 21.6. The van der Waals surface area contributed by atoms with Crippen molar-refractivity contribution in [1.82, 2.24) is 20.0 Å². The third kappa shape index (κ3) is 5.06. The second-order valence-electron chi connectivity index (χ2n) is 7.63. The van der Waals surface area contributed by atoms with Crippen LogP contribution in [0.1, 0.15) is 22.8 Å². The highest BCUT2D eigenvalue weighted by molar-refractivity contribution is 5.80. The van der Waals surface area contributed by atoms with Crippen molar-refractivity contribution in [2.75, 3.05) is 26.7 Å². The number of para-hydroxylation sites is 2. The van der Waals surface area contributed by atoms with E-state index in [0.717, 1.165) is 47.2 Å². The lowest BCUT2D eigenvalue weighted by Crippen LogP contribution is -2.47. The van der Waals surface area contributed by atoms with Crippen molar-refractivity contribution < 1.29 is 9.47 Å². The maximum Gasteiger partial charge on any atom is 0.194 e. The number of nitrogens with one attached hydrogen (secondary N) is 1. The molecule has 0 saturated carbocycles. The Hall–Kier alpha value is -3.32. The molecule has 7 heteroatoms. The summed E-state index contributed by atoms with van der Waals surface area (Å²) in [5, 5.41) is 7.76. The van der Waals surface area contributed by atoms with Crippen molar-refractivity contribution >= 4 is 5.96 Å². The van der Waals surface area contributed by atoms with Crippen LogP contribution >= 0.6 is 0 Å². The third-order valence-electron chi connectivity index (χ3n) is 5.40. The molecule has 1 aliphatic rings.